The van der Waals surface area contributed by atoms with Crippen LogP contribution in [0.2, 0.25) is 10.0 Å². The van der Waals surface area contributed by atoms with Crippen LogP contribution in [0.15, 0.2) is 53.4 Å². The predicted octanol–water partition coefficient (Wildman–Crippen LogP) is 3.54. The molecule has 1 saturated carbocycles. The Bertz CT molecular complexity index is 787. The van der Waals surface area contributed by atoms with Gasteiger partial charge < -0.3 is 5.11 Å². The normalized spacial score (nSPS) is 24.2. The van der Waals surface area contributed by atoms with Gasteiger partial charge in [-0.25, -0.2) is 8.42 Å². The molecule has 2 aromatic rings. The Morgan fingerprint density at radius 1 is 1.00 bits per heavy atom. The van der Waals surface area contributed by atoms with Gasteiger partial charge in [0.25, 0.3) is 0 Å². The van der Waals surface area contributed by atoms with E-state index in [0.717, 1.165) is 5.56 Å². The van der Waals surface area contributed by atoms with Crippen LogP contribution in [-0.2, 0) is 9.84 Å². The van der Waals surface area contributed by atoms with E-state index in [4.69, 9.17) is 23.2 Å². The molecule has 0 spiro atoms. The number of halogens is 2. The van der Waals surface area contributed by atoms with E-state index in [1.807, 2.05) is 6.07 Å². The fraction of sp³-hybridized carbons (Fsp3) is 0.250. The van der Waals surface area contributed by atoms with E-state index in [0.29, 0.717) is 10.0 Å². The first-order chi connectivity index (χ1) is 10.4. The van der Waals surface area contributed by atoms with Crippen LogP contribution in [0.1, 0.15) is 11.5 Å². The van der Waals surface area contributed by atoms with Crippen molar-refractivity contribution < 1.29 is 13.5 Å². The highest BCUT2D eigenvalue weighted by Gasteiger charge is 2.58. The Hall–Kier alpha value is -1.07. The van der Waals surface area contributed by atoms with Gasteiger partial charge in [-0.3, -0.25) is 0 Å². The molecule has 0 heterocycles. The molecule has 0 aliphatic heterocycles. The fourth-order valence-electron chi connectivity index (χ4n) is 2.92. The van der Waals surface area contributed by atoms with Gasteiger partial charge in [-0.1, -0.05) is 35.3 Å². The van der Waals surface area contributed by atoms with E-state index in [2.05, 4.69) is 0 Å². The van der Waals surface area contributed by atoms with E-state index in [1.54, 1.807) is 30.3 Å². The first-order valence-corrected chi connectivity index (χ1v) is 9.11. The highest BCUT2D eigenvalue weighted by molar-refractivity contribution is 7.92. The Balaban J connectivity index is 1.95. The van der Waals surface area contributed by atoms with E-state index in [1.165, 1.54) is 12.1 Å². The summed E-state index contributed by atoms with van der Waals surface area (Å²) in [6, 6.07) is 13.2. The maximum atomic E-state index is 12.8. The summed E-state index contributed by atoms with van der Waals surface area (Å²) in [5.41, 5.74) is 0.842. The highest BCUT2D eigenvalue weighted by atomic mass is 35.5. The summed E-state index contributed by atoms with van der Waals surface area (Å²) in [7, 11) is -3.52. The molecule has 1 fully saturated rings. The number of hydrogen-bond acceptors (Lipinski definition) is 3. The van der Waals surface area contributed by atoms with Crippen molar-refractivity contribution >= 4 is 33.0 Å². The first-order valence-electron chi connectivity index (χ1n) is 6.81. The van der Waals surface area contributed by atoms with Gasteiger partial charge in [-0.2, -0.15) is 0 Å². The molecule has 0 aromatic heterocycles. The average molecular weight is 357 g/mol. The second-order valence-electron chi connectivity index (χ2n) is 5.39. The maximum absolute atomic E-state index is 12.8. The van der Waals surface area contributed by atoms with Crippen LogP contribution in [0.4, 0.5) is 0 Å². The number of aliphatic hydroxyl groups excluding tert-OH is 1. The number of aliphatic hydroxyl groups is 1. The molecule has 6 heteroatoms. The fourth-order valence-corrected chi connectivity index (χ4v) is 5.44. The zero-order valence-electron chi connectivity index (χ0n) is 11.5. The van der Waals surface area contributed by atoms with Crippen molar-refractivity contribution in [3.05, 3.63) is 64.1 Å². The van der Waals surface area contributed by atoms with Crippen molar-refractivity contribution in [2.75, 3.05) is 6.61 Å². The van der Waals surface area contributed by atoms with Crippen molar-refractivity contribution in [3.8, 4) is 0 Å². The Kier molecular flexibility index (Phi) is 4.21. The van der Waals surface area contributed by atoms with Crippen LogP contribution in [0.3, 0.4) is 0 Å². The van der Waals surface area contributed by atoms with Crippen LogP contribution >= 0.6 is 23.2 Å². The first kappa shape index (κ1) is 15.8. The topological polar surface area (TPSA) is 54.4 Å². The van der Waals surface area contributed by atoms with Crippen LogP contribution in [-0.4, -0.2) is 25.4 Å². The molecule has 2 aromatic carbocycles. The molecule has 0 unspecified atom stereocenters. The average Bonchev–Trinajstić information content (AvgIpc) is 3.23. The van der Waals surface area contributed by atoms with E-state index < -0.39 is 15.1 Å². The lowest BCUT2D eigenvalue weighted by Crippen LogP contribution is -2.11. The third-order valence-electron chi connectivity index (χ3n) is 4.04. The van der Waals surface area contributed by atoms with E-state index in [9.17, 15) is 13.5 Å². The molecule has 3 rings (SSSR count). The van der Waals surface area contributed by atoms with Gasteiger partial charge in [0, 0.05) is 28.5 Å². The molecule has 3 atom stereocenters. The second-order valence-corrected chi connectivity index (χ2v) is 8.37. The van der Waals surface area contributed by atoms with Crippen molar-refractivity contribution in [3.63, 3.8) is 0 Å². The molecule has 3 nitrogen and oxygen atoms in total. The molecule has 1 aliphatic rings. The molecule has 22 heavy (non-hydrogen) atoms. The van der Waals surface area contributed by atoms with E-state index >= 15 is 0 Å². The smallest absolute Gasteiger partial charge is 0.182 e. The van der Waals surface area contributed by atoms with Crippen molar-refractivity contribution in [1.82, 2.24) is 0 Å². The molecule has 1 N–H and O–H groups in total. The molecule has 0 bridgehead atoms. The minimum atomic E-state index is -3.52. The number of rotatable bonds is 4. The van der Waals surface area contributed by atoms with Gasteiger partial charge >= 0.3 is 0 Å². The third-order valence-corrected chi connectivity index (χ3v) is 6.82. The SMILES string of the molecule is O=S(=O)(c1ccc(Cl)cc1)[C@@H]1[C@@H](CO)[C@H]1c1cccc(Cl)c1. The maximum Gasteiger partial charge on any atom is 0.182 e. The van der Waals surface area contributed by atoms with Crippen LogP contribution < -0.4 is 0 Å². The molecule has 0 radical (unpaired) electrons. The van der Waals surface area contributed by atoms with Gasteiger partial charge in [0.1, 0.15) is 0 Å². The minimum absolute atomic E-state index is 0.172. The Labute approximate surface area is 139 Å². The summed E-state index contributed by atoms with van der Waals surface area (Å²) >= 11 is 11.8. The highest BCUT2D eigenvalue weighted by Crippen LogP contribution is 2.53. The molecule has 0 amide bonds. The van der Waals surface area contributed by atoms with Gasteiger partial charge in [-0.05, 0) is 42.0 Å². The van der Waals surface area contributed by atoms with Crippen molar-refractivity contribution in [2.45, 2.75) is 16.1 Å². The number of hydrogen-bond donors (Lipinski definition) is 1. The summed E-state index contributed by atoms with van der Waals surface area (Å²) in [5.74, 6) is -0.538. The zero-order chi connectivity index (χ0) is 15.9. The lowest BCUT2D eigenvalue weighted by molar-refractivity contribution is 0.274. The van der Waals surface area contributed by atoms with Crippen LogP contribution in [0.25, 0.3) is 0 Å². The lowest BCUT2D eigenvalue weighted by atomic mass is 10.1. The predicted molar refractivity (Wildman–Crippen MR) is 87.2 cm³/mol. The van der Waals surface area contributed by atoms with E-state index in [-0.39, 0.29) is 23.3 Å². The van der Waals surface area contributed by atoms with Gasteiger partial charge in [0.2, 0.25) is 0 Å². The summed E-state index contributed by atoms with van der Waals surface area (Å²) in [6.45, 7) is -0.172. The van der Waals surface area contributed by atoms with Crippen molar-refractivity contribution in [2.24, 2.45) is 5.92 Å². The number of benzene rings is 2. The molecule has 1 aliphatic carbocycles. The largest absolute Gasteiger partial charge is 0.396 e. The summed E-state index contributed by atoms with van der Waals surface area (Å²) < 4.78 is 25.5. The van der Waals surface area contributed by atoms with Crippen LogP contribution in [0, 0.1) is 5.92 Å². The summed E-state index contributed by atoms with van der Waals surface area (Å²) in [6.07, 6.45) is 0. The monoisotopic (exact) mass is 356 g/mol. The Morgan fingerprint density at radius 2 is 1.68 bits per heavy atom. The summed E-state index contributed by atoms with van der Waals surface area (Å²) in [4.78, 5) is 0.227. The second kappa shape index (κ2) is 5.85. The lowest BCUT2D eigenvalue weighted by Gasteiger charge is -2.05. The van der Waals surface area contributed by atoms with Crippen molar-refractivity contribution in [1.29, 1.82) is 0 Å². The van der Waals surface area contributed by atoms with Gasteiger partial charge in [0.15, 0.2) is 9.84 Å². The molecular formula is C16H14Cl2O3S. The van der Waals surface area contributed by atoms with Crippen LogP contribution in [0.5, 0.6) is 0 Å². The Morgan fingerprint density at radius 3 is 2.27 bits per heavy atom. The minimum Gasteiger partial charge on any atom is -0.396 e. The molecule has 116 valence electrons. The third kappa shape index (κ3) is 2.76. The standard InChI is InChI=1S/C16H14Cl2O3S/c17-11-4-6-13(7-5-11)22(20,21)16-14(9-19)15(16)10-2-1-3-12(18)8-10/h1-8,14-16,19H,9H2/t14-,15+,16+/m0/s1. The van der Waals surface area contributed by atoms with Gasteiger partial charge in [-0.15, -0.1) is 0 Å². The molecular weight excluding hydrogens is 343 g/mol. The summed E-state index contributed by atoms with van der Waals surface area (Å²) in [5, 5.41) is 9.93. The quantitative estimate of drug-likeness (QED) is 0.911. The molecule has 0 saturated heterocycles. The zero-order valence-corrected chi connectivity index (χ0v) is 13.8. The number of sulfone groups is 1. The van der Waals surface area contributed by atoms with Gasteiger partial charge in [0.05, 0.1) is 10.1 Å².